The first-order chi connectivity index (χ1) is 7.20. The van der Waals surface area contributed by atoms with Gasteiger partial charge in [-0.1, -0.05) is 0 Å². The molecule has 2 rings (SSSR count). The number of anilines is 1. The van der Waals surface area contributed by atoms with Crippen molar-refractivity contribution in [2.75, 3.05) is 12.8 Å². The van der Waals surface area contributed by atoms with E-state index in [1.807, 2.05) is 30.3 Å². The molecule has 0 unspecified atom stereocenters. The fourth-order valence-electron chi connectivity index (χ4n) is 1.28. The summed E-state index contributed by atoms with van der Waals surface area (Å²) in [5.41, 5.74) is 6.58. The second kappa shape index (κ2) is 4.09. The van der Waals surface area contributed by atoms with Crippen LogP contribution in [-0.4, -0.2) is 16.9 Å². The summed E-state index contributed by atoms with van der Waals surface area (Å²) in [5, 5.41) is 4.18. The monoisotopic (exact) mass is 315 g/mol. The Hall–Kier alpha value is -1.24. The Bertz CT molecular complexity index is 464. The van der Waals surface area contributed by atoms with E-state index in [0.717, 1.165) is 15.1 Å². The first kappa shape index (κ1) is 10.3. The maximum atomic E-state index is 5.61. The number of nitrogen functional groups attached to an aromatic ring is 1. The lowest BCUT2D eigenvalue weighted by Crippen LogP contribution is -1.99. The molecule has 0 aliphatic rings. The lowest BCUT2D eigenvalue weighted by atomic mass is 10.3. The topological polar surface area (TPSA) is 53.1 Å². The van der Waals surface area contributed by atoms with Gasteiger partial charge in [0.05, 0.1) is 12.8 Å². The number of nitrogens with two attached hydrogens (primary N) is 1. The molecule has 0 atom stereocenters. The predicted octanol–water partition coefficient (Wildman–Crippen LogP) is 2.07. The highest BCUT2D eigenvalue weighted by molar-refractivity contribution is 14.1. The standard InChI is InChI=1S/C10H10IN3O/c1-15-8-4-2-7(3-5-8)14-9(11)6-10(12)13-14/h2-6H,1H3,(H2,12,13). The van der Waals surface area contributed by atoms with E-state index in [9.17, 15) is 0 Å². The molecule has 15 heavy (non-hydrogen) atoms. The van der Waals surface area contributed by atoms with Crippen LogP contribution in [0.5, 0.6) is 5.75 Å². The van der Waals surface area contributed by atoms with Crippen molar-refractivity contribution < 1.29 is 4.74 Å². The summed E-state index contributed by atoms with van der Waals surface area (Å²) in [7, 11) is 1.64. The van der Waals surface area contributed by atoms with Crippen molar-refractivity contribution in [3.63, 3.8) is 0 Å². The van der Waals surface area contributed by atoms with Gasteiger partial charge in [0.2, 0.25) is 0 Å². The van der Waals surface area contributed by atoms with Crippen molar-refractivity contribution in [1.29, 1.82) is 0 Å². The summed E-state index contributed by atoms with van der Waals surface area (Å²) in [6, 6.07) is 9.48. The number of hydrogen-bond donors (Lipinski definition) is 1. The van der Waals surface area contributed by atoms with Gasteiger partial charge in [0.1, 0.15) is 15.3 Å². The highest BCUT2D eigenvalue weighted by Crippen LogP contribution is 2.18. The summed E-state index contributed by atoms with van der Waals surface area (Å²) in [5.74, 6) is 1.35. The van der Waals surface area contributed by atoms with Gasteiger partial charge in [-0.15, -0.1) is 5.10 Å². The number of halogens is 1. The van der Waals surface area contributed by atoms with Crippen molar-refractivity contribution in [2.24, 2.45) is 0 Å². The minimum atomic E-state index is 0.523. The molecule has 0 bridgehead atoms. The average Bonchev–Trinajstić information content (AvgIpc) is 2.58. The lowest BCUT2D eigenvalue weighted by molar-refractivity contribution is 0.414. The first-order valence-corrected chi connectivity index (χ1v) is 5.44. The van der Waals surface area contributed by atoms with Crippen molar-refractivity contribution in [1.82, 2.24) is 9.78 Å². The van der Waals surface area contributed by atoms with Crippen LogP contribution in [0.3, 0.4) is 0 Å². The molecular weight excluding hydrogens is 305 g/mol. The molecular formula is C10H10IN3O. The van der Waals surface area contributed by atoms with Crippen LogP contribution >= 0.6 is 22.6 Å². The van der Waals surface area contributed by atoms with E-state index in [1.54, 1.807) is 11.8 Å². The Kier molecular flexibility index (Phi) is 2.81. The lowest BCUT2D eigenvalue weighted by Gasteiger charge is -2.04. The van der Waals surface area contributed by atoms with Crippen LogP contribution in [0.2, 0.25) is 0 Å². The molecule has 0 fully saturated rings. The predicted molar refractivity (Wildman–Crippen MR) is 67.2 cm³/mol. The second-order valence-electron chi connectivity index (χ2n) is 3.00. The Morgan fingerprint density at radius 1 is 1.33 bits per heavy atom. The van der Waals surface area contributed by atoms with Gasteiger partial charge in [-0.2, -0.15) is 0 Å². The van der Waals surface area contributed by atoms with Gasteiger partial charge in [-0.25, -0.2) is 4.68 Å². The van der Waals surface area contributed by atoms with Gasteiger partial charge in [-0.3, -0.25) is 0 Å². The molecule has 0 saturated carbocycles. The molecule has 78 valence electrons. The summed E-state index contributed by atoms with van der Waals surface area (Å²) in [4.78, 5) is 0. The summed E-state index contributed by atoms with van der Waals surface area (Å²) in [6.45, 7) is 0. The number of methoxy groups -OCH3 is 1. The van der Waals surface area contributed by atoms with E-state index in [0.29, 0.717) is 5.82 Å². The third kappa shape index (κ3) is 2.06. The Balaban J connectivity index is 2.41. The van der Waals surface area contributed by atoms with Crippen LogP contribution < -0.4 is 10.5 Å². The first-order valence-electron chi connectivity index (χ1n) is 4.36. The molecule has 4 nitrogen and oxygen atoms in total. The zero-order valence-corrected chi connectivity index (χ0v) is 10.3. The molecule has 1 aromatic carbocycles. The van der Waals surface area contributed by atoms with Gasteiger partial charge in [0.15, 0.2) is 0 Å². The molecule has 0 amide bonds. The summed E-state index contributed by atoms with van der Waals surface area (Å²) in [6.07, 6.45) is 0. The van der Waals surface area contributed by atoms with Gasteiger partial charge in [0, 0.05) is 6.07 Å². The Labute approximate surface area is 101 Å². The minimum absolute atomic E-state index is 0.523. The van der Waals surface area contributed by atoms with Crippen molar-refractivity contribution in [3.8, 4) is 11.4 Å². The molecule has 0 radical (unpaired) electrons. The van der Waals surface area contributed by atoms with E-state index in [4.69, 9.17) is 10.5 Å². The molecule has 5 heteroatoms. The maximum absolute atomic E-state index is 5.61. The number of ether oxygens (including phenoxy) is 1. The highest BCUT2D eigenvalue weighted by atomic mass is 127. The van der Waals surface area contributed by atoms with E-state index in [1.165, 1.54) is 0 Å². The SMILES string of the molecule is COc1ccc(-n2nc(N)cc2I)cc1. The summed E-state index contributed by atoms with van der Waals surface area (Å²) >= 11 is 2.19. The Morgan fingerprint density at radius 2 is 2.00 bits per heavy atom. The molecule has 2 aromatic rings. The average molecular weight is 315 g/mol. The van der Waals surface area contributed by atoms with Crippen molar-refractivity contribution in [2.45, 2.75) is 0 Å². The van der Waals surface area contributed by atoms with Crippen LogP contribution in [0.25, 0.3) is 5.69 Å². The van der Waals surface area contributed by atoms with Crippen LogP contribution in [0.15, 0.2) is 30.3 Å². The van der Waals surface area contributed by atoms with Gasteiger partial charge >= 0.3 is 0 Å². The van der Waals surface area contributed by atoms with Crippen LogP contribution in [0.4, 0.5) is 5.82 Å². The fraction of sp³-hybridized carbons (Fsp3) is 0.100. The zero-order chi connectivity index (χ0) is 10.8. The molecule has 0 spiro atoms. The highest BCUT2D eigenvalue weighted by Gasteiger charge is 2.04. The third-order valence-electron chi connectivity index (χ3n) is 2.00. The number of rotatable bonds is 2. The normalized spacial score (nSPS) is 10.3. The summed E-state index contributed by atoms with van der Waals surface area (Å²) < 4.78 is 7.85. The van der Waals surface area contributed by atoms with Crippen LogP contribution in [0, 0.1) is 3.70 Å². The molecule has 2 N–H and O–H groups in total. The smallest absolute Gasteiger partial charge is 0.146 e. The molecule has 0 aliphatic carbocycles. The number of aromatic nitrogens is 2. The van der Waals surface area contributed by atoms with Gasteiger partial charge < -0.3 is 10.5 Å². The fourth-order valence-corrected chi connectivity index (χ4v) is 1.99. The molecule has 1 heterocycles. The Morgan fingerprint density at radius 3 is 2.47 bits per heavy atom. The number of hydrogen-bond acceptors (Lipinski definition) is 3. The van der Waals surface area contributed by atoms with Crippen LogP contribution in [0.1, 0.15) is 0 Å². The molecule has 0 aliphatic heterocycles. The minimum Gasteiger partial charge on any atom is -0.497 e. The zero-order valence-electron chi connectivity index (χ0n) is 8.14. The largest absolute Gasteiger partial charge is 0.497 e. The number of nitrogens with zero attached hydrogens (tertiary/aromatic N) is 2. The second-order valence-corrected chi connectivity index (χ2v) is 4.11. The third-order valence-corrected chi connectivity index (χ3v) is 2.77. The van der Waals surface area contributed by atoms with E-state index in [-0.39, 0.29) is 0 Å². The van der Waals surface area contributed by atoms with Gasteiger partial charge in [0.25, 0.3) is 0 Å². The molecule has 1 aromatic heterocycles. The van der Waals surface area contributed by atoms with E-state index in [2.05, 4.69) is 27.7 Å². The van der Waals surface area contributed by atoms with Crippen molar-refractivity contribution in [3.05, 3.63) is 34.0 Å². The van der Waals surface area contributed by atoms with E-state index < -0.39 is 0 Å². The van der Waals surface area contributed by atoms with E-state index >= 15 is 0 Å². The van der Waals surface area contributed by atoms with Crippen molar-refractivity contribution >= 4 is 28.4 Å². The quantitative estimate of drug-likeness (QED) is 0.863. The number of benzene rings is 1. The molecule has 0 saturated heterocycles. The maximum Gasteiger partial charge on any atom is 0.146 e. The van der Waals surface area contributed by atoms with Gasteiger partial charge in [-0.05, 0) is 46.9 Å². The van der Waals surface area contributed by atoms with Crippen LogP contribution in [-0.2, 0) is 0 Å².